The van der Waals surface area contributed by atoms with E-state index in [0.717, 1.165) is 12.1 Å². The van der Waals surface area contributed by atoms with Crippen LogP contribution in [0.2, 0.25) is 0 Å². The number of esters is 1. The predicted octanol–water partition coefficient (Wildman–Crippen LogP) is 2.65. The highest BCUT2D eigenvalue weighted by Gasteiger charge is 2.33. The number of benzene rings is 2. The Kier molecular flexibility index (Phi) is 7.56. The lowest BCUT2D eigenvalue weighted by molar-refractivity contribution is -0.384. The van der Waals surface area contributed by atoms with Gasteiger partial charge in [0.1, 0.15) is 11.9 Å². The van der Waals surface area contributed by atoms with Gasteiger partial charge in [-0.1, -0.05) is 12.1 Å². The molecule has 0 fully saturated rings. The fourth-order valence-electron chi connectivity index (χ4n) is 2.83. The second kappa shape index (κ2) is 10.1. The number of amides is 1. The summed E-state index contributed by atoms with van der Waals surface area (Å²) in [5.74, 6) is -4.52. The summed E-state index contributed by atoms with van der Waals surface area (Å²) in [5, 5.41) is 22.9. The summed E-state index contributed by atoms with van der Waals surface area (Å²) in [6, 6.07) is 7.93. The van der Waals surface area contributed by atoms with Crippen molar-refractivity contribution < 1.29 is 33.5 Å². The number of carbonyl (C=O) groups is 3. The van der Waals surface area contributed by atoms with Crippen molar-refractivity contribution in [2.75, 3.05) is 6.61 Å². The molecule has 2 aromatic rings. The van der Waals surface area contributed by atoms with E-state index in [2.05, 4.69) is 5.32 Å². The minimum Gasteiger partial charge on any atom is -0.480 e. The van der Waals surface area contributed by atoms with Gasteiger partial charge in [0.2, 0.25) is 0 Å². The summed E-state index contributed by atoms with van der Waals surface area (Å²) in [5.41, 5.74) is 0.109. The Morgan fingerprint density at radius 1 is 1.13 bits per heavy atom. The number of carboxylic acids is 1. The quantitative estimate of drug-likeness (QED) is 0.363. The minimum absolute atomic E-state index is 0.0289. The molecule has 30 heavy (non-hydrogen) atoms. The molecule has 0 aromatic heterocycles. The number of nitrogens with zero attached hydrogens (tertiary/aromatic N) is 1. The summed E-state index contributed by atoms with van der Waals surface area (Å²) in [7, 11) is 0. The molecule has 0 radical (unpaired) electrons. The number of aliphatic carboxylic acids is 1. The molecule has 1 amide bonds. The number of halogens is 1. The van der Waals surface area contributed by atoms with Crippen molar-refractivity contribution in [2.45, 2.75) is 25.3 Å². The molecule has 2 atom stereocenters. The molecule has 9 nitrogen and oxygen atoms in total. The first kappa shape index (κ1) is 22.5. The Morgan fingerprint density at radius 2 is 1.73 bits per heavy atom. The van der Waals surface area contributed by atoms with Gasteiger partial charge in [0.05, 0.1) is 18.0 Å². The molecule has 0 heterocycles. The van der Waals surface area contributed by atoms with Gasteiger partial charge in [-0.15, -0.1) is 0 Å². The lowest BCUT2D eigenvalue weighted by atomic mass is 9.88. The molecule has 0 spiro atoms. The van der Waals surface area contributed by atoms with E-state index in [4.69, 9.17) is 4.74 Å². The van der Waals surface area contributed by atoms with Crippen LogP contribution in [0.4, 0.5) is 10.1 Å². The first-order valence-electron chi connectivity index (χ1n) is 8.92. The van der Waals surface area contributed by atoms with Crippen LogP contribution in [0.5, 0.6) is 0 Å². The number of rotatable bonds is 9. The Balaban J connectivity index is 2.36. The number of nitrogens with one attached hydrogen (secondary N) is 1. The Labute approximate surface area is 170 Å². The summed E-state index contributed by atoms with van der Waals surface area (Å²) in [6.07, 6.45) is -0.383. The smallest absolute Gasteiger partial charge is 0.326 e. The lowest BCUT2D eigenvalue weighted by Crippen LogP contribution is -2.45. The average Bonchev–Trinajstić information content (AvgIpc) is 2.71. The van der Waals surface area contributed by atoms with E-state index in [1.807, 2.05) is 0 Å². The minimum atomic E-state index is -1.55. The largest absolute Gasteiger partial charge is 0.480 e. The standard InChI is InChI=1S/C20H19FN2O7/c1-2-30-17(24)11-16(12-5-9-15(10-6-12)23(28)29)18(20(26)27)22-19(25)13-3-7-14(21)8-4-13/h3-10,16,18H,2,11H2,1H3,(H,22,25)(H,26,27)/t16-,18+/m0/s1. The number of hydrogen-bond acceptors (Lipinski definition) is 6. The van der Waals surface area contributed by atoms with Gasteiger partial charge in [-0.2, -0.15) is 0 Å². The van der Waals surface area contributed by atoms with Gasteiger partial charge in [-0.3, -0.25) is 19.7 Å². The van der Waals surface area contributed by atoms with Crippen LogP contribution in [-0.2, 0) is 14.3 Å². The molecule has 2 rings (SSSR count). The molecule has 0 aliphatic rings. The van der Waals surface area contributed by atoms with Gasteiger partial charge in [0, 0.05) is 23.6 Å². The van der Waals surface area contributed by atoms with Crippen LogP contribution in [0.1, 0.15) is 35.2 Å². The van der Waals surface area contributed by atoms with Crippen molar-refractivity contribution in [3.63, 3.8) is 0 Å². The zero-order valence-electron chi connectivity index (χ0n) is 15.9. The van der Waals surface area contributed by atoms with E-state index in [-0.39, 0.29) is 24.3 Å². The highest BCUT2D eigenvalue weighted by atomic mass is 19.1. The predicted molar refractivity (Wildman–Crippen MR) is 102 cm³/mol. The molecular weight excluding hydrogens is 399 g/mol. The number of carbonyl (C=O) groups excluding carboxylic acids is 2. The molecule has 0 unspecified atom stereocenters. The van der Waals surface area contributed by atoms with E-state index in [1.165, 1.54) is 36.4 Å². The molecule has 2 aromatic carbocycles. The molecule has 0 aliphatic carbocycles. The topological polar surface area (TPSA) is 136 Å². The van der Waals surface area contributed by atoms with Crippen LogP contribution < -0.4 is 5.32 Å². The Hall–Kier alpha value is -3.82. The van der Waals surface area contributed by atoms with Crippen molar-refractivity contribution in [1.29, 1.82) is 0 Å². The fraction of sp³-hybridized carbons (Fsp3) is 0.250. The van der Waals surface area contributed by atoms with Crippen LogP contribution in [-0.4, -0.2) is 40.5 Å². The molecule has 0 bridgehead atoms. The first-order valence-corrected chi connectivity index (χ1v) is 8.92. The molecule has 0 saturated heterocycles. The lowest BCUT2D eigenvalue weighted by Gasteiger charge is -2.25. The maximum absolute atomic E-state index is 13.1. The third-order valence-electron chi connectivity index (χ3n) is 4.29. The van der Waals surface area contributed by atoms with Crippen LogP contribution in [0, 0.1) is 15.9 Å². The summed E-state index contributed by atoms with van der Waals surface area (Å²) >= 11 is 0. The van der Waals surface area contributed by atoms with Gasteiger partial charge in [0.25, 0.3) is 11.6 Å². The van der Waals surface area contributed by atoms with Crippen LogP contribution in [0.15, 0.2) is 48.5 Å². The normalized spacial score (nSPS) is 12.5. The van der Waals surface area contributed by atoms with Crippen molar-refractivity contribution in [3.05, 3.63) is 75.6 Å². The number of carboxylic acid groups (broad SMARTS) is 1. The van der Waals surface area contributed by atoms with E-state index < -0.39 is 40.5 Å². The molecule has 0 aliphatic heterocycles. The average molecular weight is 418 g/mol. The molecular formula is C20H19FN2O7. The van der Waals surface area contributed by atoms with Gasteiger partial charge in [0.15, 0.2) is 0 Å². The summed E-state index contributed by atoms with van der Waals surface area (Å²) < 4.78 is 18.0. The van der Waals surface area contributed by atoms with Gasteiger partial charge in [-0.25, -0.2) is 9.18 Å². The number of nitro benzene ring substituents is 1. The van der Waals surface area contributed by atoms with E-state index in [1.54, 1.807) is 6.92 Å². The molecule has 158 valence electrons. The maximum Gasteiger partial charge on any atom is 0.326 e. The van der Waals surface area contributed by atoms with Gasteiger partial charge < -0.3 is 15.2 Å². The highest BCUT2D eigenvalue weighted by Crippen LogP contribution is 2.27. The molecule has 2 N–H and O–H groups in total. The van der Waals surface area contributed by atoms with Crippen molar-refractivity contribution in [3.8, 4) is 0 Å². The van der Waals surface area contributed by atoms with Gasteiger partial charge in [-0.05, 0) is 36.8 Å². The third-order valence-corrected chi connectivity index (χ3v) is 4.29. The van der Waals surface area contributed by atoms with Crippen molar-refractivity contribution >= 4 is 23.5 Å². The van der Waals surface area contributed by atoms with Crippen LogP contribution >= 0.6 is 0 Å². The zero-order valence-corrected chi connectivity index (χ0v) is 15.9. The first-order chi connectivity index (χ1) is 14.2. The van der Waals surface area contributed by atoms with E-state index in [9.17, 15) is 34.0 Å². The van der Waals surface area contributed by atoms with Crippen LogP contribution in [0.3, 0.4) is 0 Å². The second-order valence-electron chi connectivity index (χ2n) is 6.26. The number of hydrogen-bond donors (Lipinski definition) is 2. The van der Waals surface area contributed by atoms with E-state index >= 15 is 0 Å². The third kappa shape index (κ3) is 5.84. The van der Waals surface area contributed by atoms with Crippen molar-refractivity contribution in [2.24, 2.45) is 0 Å². The Morgan fingerprint density at radius 3 is 2.23 bits per heavy atom. The SMILES string of the molecule is CCOC(=O)C[C@@H](c1ccc([N+](=O)[O-])cc1)[C@@H](NC(=O)c1ccc(F)cc1)C(=O)O. The molecule has 10 heteroatoms. The highest BCUT2D eigenvalue weighted by molar-refractivity contribution is 5.97. The van der Waals surface area contributed by atoms with Crippen molar-refractivity contribution in [1.82, 2.24) is 5.32 Å². The summed E-state index contributed by atoms with van der Waals surface area (Å²) in [4.78, 5) is 46.7. The van der Waals surface area contributed by atoms with E-state index in [0.29, 0.717) is 5.56 Å². The summed E-state index contributed by atoms with van der Waals surface area (Å²) in [6.45, 7) is 1.66. The maximum atomic E-state index is 13.1. The van der Waals surface area contributed by atoms with Gasteiger partial charge >= 0.3 is 11.9 Å². The number of ether oxygens (including phenoxy) is 1. The number of nitro groups is 1. The van der Waals surface area contributed by atoms with Crippen LogP contribution in [0.25, 0.3) is 0 Å². The zero-order chi connectivity index (χ0) is 22.3. The fourth-order valence-corrected chi connectivity index (χ4v) is 2.83. The second-order valence-corrected chi connectivity index (χ2v) is 6.26. The number of non-ortho nitro benzene ring substituents is 1. The Bertz CT molecular complexity index is 929. The monoisotopic (exact) mass is 418 g/mol. The molecule has 0 saturated carbocycles.